The smallest absolute Gasteiger partial charge is 0.227 e. The molecule has 0 heterocycles. The molecule has 1 rings (SSSR count). The molecule has 0 saturated carbocycles. The van der Waals surface area contributed by atoms with Crippen molar-refractivity contribution in [3.63, 3.8) is 0 Å². The SMILES string of the molecule is C=CCC(CC(O)CO)C(=O)Nc1ccc(C)cc1. The van der Waals surface area contributed by atoms with Gasteiger partial charge < -0.3 is 15.5 Å². The molecule has 0 fully saturated rings. The molecule has 0 aromatic heterocycles. The highest BCUT2D eigenvalue weighted by atomic mass is 16.3. The maximum Gasteiger partial charge on any atom is 0.227 e. The molecule has 4 heteroatoms. The number of aryl methyl sites for hydroxylation is 1. The van der Waals surface area contributed by atoms with Crippen LogP contribution >= 0.6 is 0 Å². The Hall–Kier alpha value is -1.65. The lowest BCUT2D eigenvalue weighted by molar-refractivity contribution is -0.121. The molecule has 2 unspecified atom stereocenters. The van der Waals surface area contributed by atoms with Crippen LogP contribution in [0.25, 0.3) is 0 Å². The molecule has 104 valence electrons. The quantitative estimate of drug-likeness (QED) is 0.658. The van der Waals surface area contributed by atoms with Gasteiger partial charge in [-0.25, -0.2) is 0 Å². The number of allylic oxidation sites excluding steroid dienone is 1. The summed E-state index contributed by atoms with van der Waals surface area (Å²) in [6.45, 7) is 5.24. The summed E-state index contributed by atoms with van der Waals surface area (Å²) in [7, 11) is 0. The van der Waals surface area contributed by atoms with Crippen LogP contribution in [0, 0.1) is 12.8 Å². The van der Waals surface area contributed by atoms with Crippen LogP contribution in [0.4, 0.5) is 5.69 Å². The number of nitrogens with one attached hydrogen (secondary N) is 1. The van der Waals surface area contributed by atoms with Gasteiger partial charge in [-0.15, -0.1) is 6.58 Å². The fourth-order valence-electron chi connectivity index (χ4n) is 1.80. The van der Waals surface area contributed by atoms with Gasteiger partial charge in [0.25, 0.3) is 0 Å². The van der Waals surface area contributed by atoms with E-state index in [-0.39, 0.29) is 24.9 Å². The van der Waals surface area contributed by atoms with Crippen molar-refractivity contribution in [2.75, 3.05) is 11.9 Å². The van der Waals surface area contributed by atoms with Crippen molar-refractivity contribution >= 4 is 11.6 Å². The zero-order chi connectivity index (χ0) is 14.3. The normalized spacial score (nSPS) is 13.6. The molecule has 1 amide bonds. The van der Waals surface area contributed by atoms with E-state index in [1.807, 2.05) is 31.2 Å². The largest absolute Gasteiger partial charge is 0.394 e. The van der Waals surface area contributed by atoms with Crippen LogP contribution in [-0.2, 0) is 4.79 Å². The standard InChI is InChI=1S/C15H21NO3/c1-3-4-12(9-14(18)10-17)15(19)16-13-7-5-11(2)6-8-13/h3,5-8,12,14,17-18H,1,4,9-10H2,2H3,(H,16,19). The van der Waals surface area contributed by atoms with E-state index in [9.17, 15) is 9.90 Å². The van der Waals surface area contributed by atoms with Gasteiger partial charge in [0.1, 0.15) is 0 Å². The van der Waals surface area contributed by atoms with Crippen LogP contribution in [0.5, 0.6) is 0 Å². The van der Waals surface area contributed by atoms with Gasteiger partial charge in [0.15, 0.2) is 0 Å². The first-order chi connectivity index (χ1) is 9.06. The summed E-state index contributed by atoms with van der Waals surface area (Å²) in [6.07, 6.45) is 1.45. The summed E-state index contributed by atoms with van der Waals surface area (Å²) in [4.78, 5) is 12.1. The Morgan fingerprint density at radius 1 is 1.42 bits per heavy atom. The third-order valence-corrected chi connectivity index (χ3v) is 2.91. The average Bonchev–Trinajstić information content (AvgIpc) is 2.40. The fourth-order valence-corrected chi connectivity index (χ4v) is 1.80. The van der Waals surface area contributed by atoms with Crippen molar-refractivity contribution in [3.8, 4) is 0 Å². The second-order valence-corrected chi connectivity index (χ2v) is 4.65. The lowest BCUT2D eigenvalue weighted by Gasteiger charge is -2.17. The van der Waals surface area contributed by atoms with Gasteiger partial charge in [0.05, 0.1) is 12.7 Å². The minimum atomic E-state index is -0.881. The Kier molecular flexibility index (Phi) is 6.25. The van der Waals surface area contributed by atoms with Gasteiger partial charge in [0, 0.05) is 11.6 Å². The van der Waals surface area contributed by atoms with Crippen molar-refractivity contribution in [2.45, 2.75) is 25.9 Å². The Morgan fingerprint density at radius 2 is 2.05 bits per heavy atom. The van der Waals surface area contributed by atoms with Crippen molar-refractivity contribution in [2.24, 2.45) is 5.92 Å². The zero-order valence-corrected chi connectivity index (χ0v) is 11.2. The van der Waals surface area contributed by atoms with Crippen LogP contribution in [0.15, 0.2) is 36.9 Å². The Morgan fingerprint density at radius 3 is 2.58 bits per heavy atom. The number of hydrogen-bond donors (Lipinski definition) is 3. The number of aliphatic hydroxyl groups excluding tert-OH is 2. The van der Waals surface area contributed by atoms with Gasteiger partial charge in [-0.2, -0.15) is 0 Å². The minimum Gasteiger partial charge on any atom is -0.394 e. The van der Waals surface area contributed by atoms with Gasteiger partial charge >= 0.3 is 0 Å². The third-order valence-electron chi connectivity index (χ3n) is 2.91. The number of aliphatic hydroxyl groups is 2. The molecule has 4 nitrogen and oxygen atoms in total. The first-order valence-electron chi connectivity index (χ1n) is 6.34. The summed E-state index contributed by atoms with van der Waals surface area (Å²) >= 11 is 0. The van der Waals surface area contributed by atoms with Gasteiger partial charge in [-0.3, -0.25) is 4.79 Å². The van der Waals surface area contributed by atoms with E-state index >= 15 is 0 Å². The molecule has 0 saturated heterocycles. The van der Waals surface area contributed by atoms with E-state index in [1.54, 1.807) is 6.08 Å². The molecular formula is C15H21NO3. The molecule has 0 spiro atoms. The van der Waals surface area contributed by atoms with E-state index in [4.69, 9.17) is 5.11 Å². The Balaban J connectivity index is 2.65. The van der Waals surface area contributed by atoms with Crippen LogP contribution in [-0.4, -0.2) is 28.8 Å². The summed E-state index contributed by atoms with van der Waals surface area (Å²) < 4.78 is 0. The highest BCUT2D eigenvalue weighted by molar-refractivity contribution is 5.92. The molecule has 2 atom stereocenters. The molecule has 0 aliphatic rings. The number of rotatable bonds is 7. The number of hydrogen-bond acceptors (Lipinski definition) is 3. The van der Waals surface area contributed by atoms with Gasteiger partial charge in [-0.05, 0) is 31.9 Å². The topological polar surface area (TPSA) is 69.6 Å². The summed E-state index contributed by atoms with van der Waals surface area (Å²) in [5, 5.41) is 21.1. The Bertz CT molecular complexity index is 414. The molecule has 3 N–H and O–H groups in total. The van der Waals surface area contributed by atoms with Crippen LogP contribution in [0.1, 0.15) is 18.4 Å². The fraction of sp³-hybridized carbons (Fsp3) is 0.400. The zero-order valence-electron chi connectivity index (χ0n) is 11.2. The van der Waals surface area contributed by atoms with Crippen LogP contribution < -0.4 is 5.32 Å². The number of carbonyl (C=O) groups is 1. The average molecular weight is 263 g/mol. The third kappa shape index (κ3) is 5.24. The first-order valence-corrected chi connectivity index (χ1v) is 6.34. The predicted molar refractivity (Wildman–Crippen MR) is 75.8 cm³/mol. The number of benzene rings is 1. The molecule has 0 radical (unpaired) electrons. The predicted octanol–water partition coefficient (Wildman–Crippen LogP) is 1.87. The van der Waals surface area contributed by atoms with Crippen molar-refractivity contribution < 1.29 is 15.0 Å². The van der Waals surface area contributed by atoms with Crippen molar-refractivity contribution in [3.05, 3.63) is 42.5 Å². The van der Waals surface area contributed by atoms with Crippen LogP contribution in [0.2, 0.25) is 0 Å². The van der Waals surface area contributed by atoms with Crippen molar-refractivity contribution in [1.82, 2.24) is 0 Å². The maximum atomic E-state index is 12.1. The second-order valence-electron chi connectivity index (χ2n) is 4.65. The van der Waals surface area contributed by atoms with E-state index in [2.05, 4.69) is 11.9 Å². The van der Waals surface area contributed by atoms with Gasteiger partial charge in [-0.1, -0.05) is 23.8 Å². The second kappa shape index (κ2) is 7.71. The van der Waals surface area contributed by atoms with Crippen molar-refractivity contribution in [1.29, 1.82) is 0 Å². The molecule has 1 aromatic rings. The molecule has 0 bridgehead atoms. The van der Waals surface area contributed by atoms with Crippen LogP contribution in [0.3, 0.4) is 0 Å². The minimum absolute atomic E-state index is 0.170. The van der Waals surface area contributed by atoms with E-state index in [1.165, 1.54) is 0 Å². The first kappa shape index (κ1) is 15.4. The monoisotopic (exact) mass is 263 g/mol. The van der Waals surface area contributed by atoms with E-state index < -0.39 is 6.10 Å². The number of amides is 1. The van der Waals surface area contributed by atoms with E-state index in [0.717, 1.165) is 11.3 Å². The Labute approximate surface area is 113 Å². The van der Waals surface area contributed by atoms with E-state index in [0.29, 0.717) is 6.42 Å². The number of carbonyl (C=O) groups excluding carboxylic acids is 1. The van der Waals surface area contributed by atoms with Gasteiger partial charge in [0.2, 0.25) is 5.91 Å². The molecule has 0 aliphatic carbocycles. The summed E-state index contributed by atoms with van der Waals surface area (Å²) in [5.74, 6) is -0.558. The lowest BCUT2D eigenvalue weighted by atomic mass is 9.97. The molecule has 19 heavy (non-hydrogen) atoms. The molecule has 1 aromatic carbocycles. The summed E-state index contributed by atoms with van der Waals surface area (Å²) in [5.41, 5.74) is 1.85. The molecule has 0 aliphatic heterocycles. The summed E-state index contributed by atoms with van der Waals surface area (Å²) in [6, 6.07) is 7.50. The maximum absolute atomic E-state index is 12.1. The highest BCUT2D eigenvalue weighted by Crippen LogP contribution is 2.16. The number of anilines is 1. The molecular weight excluding hydrogens is 242 g/mol. The highest BCUT2D eigenvalue weighted by Gasteiger charge is 2.20. The lowest BCUT2D eigenvalue weighted by Crippen LogP contribution is -2.27.